The van der Waals surface area contributed by atoms with Crippen LogP contribution in [0.3, 0.4) is 0 Å². The average Bonchev–Trinajstić information content (AvgIpc) is 2.93. The summed E-state index contributed by atoms with van der Waals surface area (Å²) in [5.41, 5.74) is -0.620. The van der Waals surface area contributed by atoms with Crippen molar-refractivity contribution in [3.05, 3.63) is 48.1 Å². The standard InChI is InChI=1S/C12H11F2N3O.C2H2O4/c1-8-12(18-8,5-17-7-15-6-16-17)10-4-9(13)2-3-11(10)14;3-1(4)2(5)6/h2-4,6-8H,5H2,1H3;(H,3,4)(H,5,6)/t8-,12+;/m0./s1. The summed E-state index contributed by atoms with van der Waals surface area (Å²) in [6.45, 7) is 2.13. The highest BCUT2D eigenvalue weighted by Gasteiger charge is 2.56. The number of aromatic nitrogens is 3. The number of carboxylic acids is 2. The van der Waals surface area contributed by atoms with Crippen LogP contribution in [0.15, 0.2) is 30.9 Å². The summed E-state index contributed by atoms with van der Waals surface area (Å²) < 4.78 is 34.1. The molecule has 0 aliphatic carbocycles. The van der Waals surface area contributed by atoms with Gasteiger partial charge in [0.05, 0.1) is 12.6 Å². The highest BCUT2D eigenvalue weighted by atomic mass is 19.1. The number of carboxylic acid groups (broad SMARTS) is 2. The fourth-order valence-corrected chi connectivity index (χ4v) is 2.19. The molecule has 8 nitrogen and oxygen atoms in total. The topological polar surface area (TPSA) is 118 Å². The van der Waals surface area contributed by atoms with Crippen molar-refractivity contribution >= 4 is 11.9 Å². The molecule has 1 aromatic carbocycles. The molecule has 2 aromatic rings. The Morgan fingerprint density at radius 1 is 1.33 bits per heavy atom. The van der Waals surface area contributed by atoms with E-state index in [1.807, 2.05) is 6.92 Å². The van der Waals surface area contributed by atoms with Gasteiger partial charge < -0.3 is 14.9 Å². The van der Waals surface area contributed by atoms with Gasteiger partial charge in [-0.3, -0.25) is 0 Å². The van der Waals surface area contributed by atoms with E-state index in [0.29, 0.717) is 6.54 Å². The molecule has 1 fully saturated rings. The van der Waals surface area contributed by atoms with Gasteiger partial charge in [0.1, 0.15) is 29.9 Å². The van der Waals surface area contributed by atoms with Gasteiger partial charge in [-0.1, -0.05) is 0 Å². The first-order valence-corrected chi connectivity index (χ1v) is 6.68. The summed E-state index contributed by atoms with van der Waals surface area (Å²) >= 11 is 0. The van der Waals surface area contributed by atoms with Gasteiger partial charge >= 0.3 is 11.9 Å². The fraction of sp³-hybridized carbons (Fsp3) is 0.286. The molecule has 0 spiro atoms. The number of aliphatic carboxylic acids is 2. The van der Waals surface area contributed by atoms with Gasteiger partial charge in [-0.05, 0) is 25.1 Å². The van der Waals surface area contributed by atoms with Crippen molar-refractivity contribution in [1.82, 2.24) is 14.8 Å². The van der Waals surface area contributed by atoms with Crippen LogP contribution in [-0.2, 0) is 26.5 Å². The van der Waals surface area contributed by atoms with Crippen molar-refractivity contribution in [3.63, 3.8) is 0 Å². The van der Waals surface area contributed by atoms with E-state index in [1.165, 1.54) is 18.7 Å². The van der Waals surface area contributed by atoms with Crippen molar-refractivity contribution in [3.8, 4) is 0 Å². The van der Waals surface area contributed by atoms with Crippen molar-refractivity contribution in [2.75, 3.05) is 0 Å². The average molecular weight is 341 g/mol. The van der Waals surface area contributed by atoms with Gasteiger partial charge in [0.2, 0.25) is 0 Å². The molecule has 1 aliphatic rings. The van der Waals surface area contributed by atoms with Crippen LogP contribution in [0.2, 0.25) is 0 Å². The zero-order valence-electron chi connectivity index (χ0n) is 12.4. The van der Waals surface area contributed by atoms with Crippen LogP contribution in [0.25, 0.3) is 0 Å². The Bertz CT molecular complexity index is 741. The zero-order valence-corrected chi connectivity index (χ0v) is 12.4. The van der Waals surface area contributed by atoms with Crippen molar-refractivity contribution in [1.29, 1.82) is 0 Å². The SMILES string of the molecule is C[C@@H]1O[C@@]1(Cn1cncn1)c1cc(F)ccc1F.O=C(O)C(=O)O. The van der Waals surface area contributed by atoms with Gasteiger partial charge in [0.15, 0.2) is 0 Å². The van der Waals surface area contributed by atoms with Crippen LogP contribution in [0.1, 0.15) is 12.5 Å². The highest BCUT2D eigenvalue weighted by Crippen LogP contribution is 2.48. The first-order chi connectivity index (χ1) is 11.3. The molecule has 3 rings (SSSR count). The second kappa shape index (κ2) is 6.71. The molecular weight excluding hydrogens is 328 g/mol. The molecule has 2 heterocycles. The minimum absolute atomic E-state index is 0.182. The number of hydrogen-bond donors (Lipinski definition) is 2. The first kappa shape index (κ1) is 17.5. The van der Waals surface area contributed by atoms with Gasteiger partial charge in [-0.15, -0.1) is 0 Å². The van der Waals surface area contributed by atoms with Crippen LogP contribution in [0.4, 0.5) is 8.78 Å². The normalized spacial score (nSPS) is 21.5. The molecule has 0 amide bonds. The lowest BCUT2D eigenvalue weighted by Crippen LogP contribution is -2.22. The number of halogens is 2. The molecule has 1 aromatic heterocycles. The predicted molar refractivity (Wildman–Crippen MR) is 73.9 cm³/mol. The van der Waals surface area contributed by atoms with Crippen LogP contribution < -0.4 is 0 Å². The smallest absolute Gasteiger partial charge is 0.414 e. The van der Waals surface area contributed by atoms with E-state index >= 15 is 0 Å². The number of benzene rings is 1. The van der Waals surface area contributed by atoms with Gasteiger partial charge in [0.25, 0.3) is 0 Å². The van der Waals surface area contributed by atoms with Gasteiger partial charge in [0, 0.05) is 5.56 Å². The Labute approximate surface area is 134 Å². The number of nitrogens with zero attached hydrogens (tertiary/aromatic N) is 3. The van der Waals surface area contributed by atoms with E-state index < -0.39 is 29.2 Å². The number of ether oxygens (including phenoxy) is 1. The highest BCUT2D eigenvalue weighted by molar-refractivity contribution is 6.27. The molecule has 10 heteroatoms. The molecule has 2 atom stereocenters. The quantitative estimate of drug-likeness (QED) is 0.632. The molecule has 0 saturated carbocycles. The van der Waals surface area contributed by atoms with E-state index in [9.17, 15) is 8.78 Å². The van der Waals surface area contributed by atoms with Crippen molar-refractivity contribution < 1.29 is 33.3 Å². The van der Waals surface area contributed by atoms with Crippen molar-refractivity contribution in [2.24, 2.45) is 0 Å². The zero-order chi connectivity index (χ0) is 17.9. The third-order valence-corrected chi connectivity index (χ3v) is 3.42. The first-order valence-electron chi connectivity index (χ1n) is 6.68. The Morgan fingerprint density at radius 3 is 2.42 bits per heavy atom. The third-order valence-electron chi connectivity index (χ3n) is 3.42. The lowest BCUT2D eigenvalue weighted by molar-refractivity contribution is -0.159. The molecule has 0 unspecified atom stereocenters. The Balaban J connectivity index is 0.000000301. The number of hydrogen-bond acceptors (Lipinski definition) is 5. The van der Waals surface area contributed by atoms with Crippen molar-refractivity contribution in [2.45, 2.75) is 25.2 Å². The number of carbonyl (C=O) groups is 2. The second-order valence-electron chi connectivity index (χ2n) is 4.98. The molecular formula is C14H13F2N3O5. The summed E-state index contributed by atoms with van der Waals surface area (Å²) in [6.07, 6.45) is 2.73. The van der Waals surface area contributed by atoms with Crippen LogP contribution in [0, 0.1) is 11.6 Å². The largest absolute Gasteiger partial charge is 0.473 e. The van der Waals surface area contributed by atoms with E-state index in [2.05, 4.69) is 10.1 Å². The van der Waals surface area contributed by atoms with Gasteiger partial charge in [-0.2, -0.15) is 5.10 Å². The van der Waals surface area contributed by atoms with E-state index in [1.54, 1.807) is 4.68 Å². The fourth-order valence-electron chi connectivity index (χ4n) is 2.19. The summed E-state index contributed by atoms with van der Waals surface area (Å²) in [5.74, 6) is -4.60. The molecule has 24 heavy (non-hydrogen) atoms. The maximum Gasteiger partial charge on any atom is 0.414 e. The summed E-state index contributed by atoms with van der Waals surface area (Å²) in [4.78, 5) is 22.0. The summed E-state index contributed by atoms with van der Waals surface area (Å²) in [7, 11) is 0. The van der Waals surface area contributed by atoms with Crippen LogP contribution in [-0.4, -0.2) is 43.0 Å². The second-order valence-corrected chi connectivity index (χ2v) is 4.98. The number of epoxide rings is 1. The third kappa shape index (κ3) is 3.71. The lowest BCUT2D eigenvalue weighted by atomic mass is 9.95. The molecule has 2 N–H and O–H groups in total. The predicted octanol–water partition coefficient (Wildman–Crippen LogP) is 1.03. The maximum atomic E-state index is 13.8. The maximum absolute atomic E-state index is 13.8. The summed E-state index contributed by atoms with van der Waals surface area (Å²) in [5, 5.41) is 18.7. The van der Waals surface area contributed by atoms with Crippen LogP contribution >= 0.6 is 0 Å². The summed E-state index contributed by atoms with van der Waals surface area (Å²) in [6, 6.07) is 3.38. The Morgan fingerprint density at radius 2 is 1.96 bits per heavy atom. The molecule has 0 radical (unpaired) electrons. The monoisotopic (exact) mass is 341 g/mol. The van der Waals surface area contributed by atoms with Crippen LogP contribution in [0.5, 0.6) is 0 Å². The molecule has 128 valence electrons. The molecule has 1 aliphatic heterocycles. The minimum atomic E-state index is -1.82. The molecule has 1 saturated heterocycles. The van der Waals surface area contributed by atoms with E-state index in [4.69, 9.17) is 24.5 Å². The Kier molecular flexibility index (Phi) is 4.88. The van der Waals surface area contributed by atoms with E-state index in [-0.39, 0.29) is 11.7 Å². The molecule has 0 bridgehead atoms. The number of rotatable bonds is 3. The Hall–Kier alpha value is -2.88. The minimum Gasteiger partial charge on any atom is -0.473 e. The lowest BCUT2D eigenvalue weighted by Gasteiger charge is -2.14. The van der Waals surface area contributed by atoms with E-state index in [0.717, 1.165) is 12.1 Å². The van der Waals surface area contributed by atoms with Gasteiger partial charge in [-0.25, -0.2) is 28.0 Å².